The maximum Gasteiger partial charge on any atom is 0.313 e. The summed E-state index contributed by atoms with van der Waals surface area (Å²) in [5.41, 5.74) is 2.63. The normalized spacial score (nSPS) is 12.0. The molecule has 0 aliphatic rings. The summed E-state index contributed by atoms with van der Waals surface area (Å²) in [5.74, 6) is -0.789. The molecule has 110 valence electrons. The molecule has 0 saturated carbocycles. The van der Waals surface area contributed by atoms with E-state index in [1.54, 1.807) is 0 Å². The SMILES string of the molecule is COC(=O)C(Cc1cnc(Cl)nc1Cl)c1ccc(C)cc1. The number of aromatic nitrogens is 2. The minimum absolute atomic E-state index is 0.0775. The predicted molar refractivity (Wildman–Crippen MR) is 81.7 cm³/mol. The number of benzene rings is 1. The van der Waals surface area contributed by atoms with Gasteiger partial charge in [-0.3, -0.25) is 4.79 Å². The summed E-state index contributed by atoms with van der Waals surface area (Å²) < 4.78 is 4.88. The highest BCUT2D eigenvalue weighted by Gasteiger charge is 2.23. The Hall–Kier alpha value is -1.65. The van der Waals surface area contributed by atoms with Gasteiger partial charge in [-0.05, 0) is 30.5 Å². The van der Waals surface area contributed by atoms with Crippen LogP contribution in [0.4, 0.5) is 0 Å². The van der Waals surface area contributed by atoms with Gasteiger partial charge < -0.3 is 4.74 Å². The van der Waals surface area contributed by atoms with Crippen LogP contribution in [-0.4, -0.2) is 23.0 Å². The van der Waals surface area contributed by atoms with Crippen molar-refractivity contribution >= 4 is 29.2 Å². The number of rotatable bonds is 4. The molecule has 1 unspecified atom stereocenters. The number of carbonyl (C=O) groups is 1. The highest BCUT2D eigenvalue weighted by Crippen LogP contribution is 2.26. The van der Waals surface area contributed by atoms with Crippen LogP contribution in [-0.2, 0) is 16.0 Å². The second-order valence-corrected chi connectivity index (χ2v) is 5.34. The lowest BCUT2D eigenvalue weighted by Crippen LogP contribution is -2.17. The molecular weight excluding hydrogens is 311 g/mol. The Balaban J connectivity index is 2.32. The fourth-order valence-corrected chi connectivity index (χ4v) is 2.38. The number of aryl methyl sites for hydroxylation is 1. The average Bonchev–Trinajstić information content (AvgIpc) is 2.47. The van der Waals surface area contributed by atoms with Crippen LogP contribution >= 0.6 is 23.2 Å². The van der Waals surface area contributed by atoms with Crippen LogP contribution in [0.15, 0.2) is 30.5 Å². The monoisotopic (exact) mass is 324 g/mol. The first-order valence-electron chi connectivity index (χ1n) is 6.32. The second-order valence-electron chi connectivity index (χ2n) is 4.65. The van der Waals surface area contributed by atoms with Gasteiger partial charge in [0.25, 0.3) is 0 Å². The maximum absolute atomic E-state index is 12.0. The molecule has 0 amide bonds. The predicted octanol–water partition coefficient (Wildman–Crippen LogP) is 3.59. The van der Waals surface area contributed by atoms with E-state index in [9.17, 15) is 4.79 Å². The van der Waals surface area contributed by atoms with E-state index in [2.05, 4.69) is 9.97 Å². The summed E-state index contributed by atoms with van der Waals surface area (Å²) in [4.78, 5) is 19.8. The number of carbonyl (C=O) groups excluding carboxylic acids is 1. The first-order valence-corrected chi connectivity index (χ1v) is 7.08. The molecule has 1 aromatic heterocycles. The Kier molecular flexibility index (Phi) is 5.15. The molecule has 1 heterocycles. The molecule has 0 aliphatic heterocycles. The lowest BCUT2D eigenvalue weighted by atomic mass is 9.92. The van der Waals surface area contributed by atoms with Gasteiger partial charge in [0, 0.05) is 11.8 Å². The number of hydrogen-bond acceptors (Lipinski definition) is 4. The van der Waals surface area contributed by atoms with Crippen LogP contribution < -0.4 is 0 Å². The van der Waals surface area contributed by atoms with Crippen molar-refractivity contribution in [3.63, 3.8) is 0 Å². The molecule has 0 radical (unpaired) electrons. The molecule has 0 spiro atoms. The van der Waals surface area contributed by atoms with Gasteiger partial charge in [0.05, 0.1) is 13.0 Å². The Morgan fingerprint density at radius 1 is 1.29 bits per heavy atom. The van der Waals surface area contributed by atoms with Crippen LogP contribution in [0.25, 0.3) is 0 Å². The van der Waals surface area contributed by atoms with Crippen molar-refractivity contribution in [3.05, 3.63) is 57.6 Å². The molecule has 0 aliphatic carbocycles. The van der Waals surface area contributed by atoms with E-state index in [1.807, 2.05) is 31.2 Å². The van der Waals surface area contributed by atoms with Crippen LogP contribution in [0, 0.1) is 6.92 Å². The third-order valence-corrected chi connectivity index (χ3v) is 3.68. The third-order valence-electron chi connectivity index (χ3n) is 3.17. The number of hydrogen-bond donors (Lipinski definition) is 0. The largest absolute Gasteiger partial charge is 0.469 e. The van der Waals surface area contributed by atoms with E-state index in [1.165, 1.54) is 13.3 Å². The fourth-order valence-electron chi connectivity index (χ4n) is 2.00. The molecule has 2 rings (SSSR count). The fraction of sp³-hybridized carbons (Fsp3) is 0.267. The smallest absolute Gasteiger partial charge is 0.313 e. The highest BCUT2D eigenvalue weighted by molar-refractivity contribution is 6.32. The molecule has 21 heavy (non-hydrogen) atoms. The topological polar surface area (TPSA) is 52.1 Å². The lowest BCUT2D eigenvalue weighted by molar-refractivity contribution is -0.142. The lowest BCUT2D eigenvalue weighted by Gasteiger charge is -2.15. The molecule has 6 heteroatoms. The first kappa shape index (κ1) is 15.7. The Morgan fingerprint density at radius 2 is 1.95 bits per heavy atom. The van der Waals surface area contributed by atoms with E-state index in [0.29, 0.717) is 12.0 Å². The minimum atomic E-state index is -0.460. The van der Waals surface area contributed by atoms with Crippen LogP contribution in [0.5, 0.6) is 0 Å². The summed E-state index contributed by atoms with van der Waals surface area (Å²) in [6.45, 7) is 1.99. The van der Waals surface area contributed by atoms with Crippen molar-refractivity contribution in [2.24, 2.45) is 0 Å². The molecule has 0 N–H and O–H groups in total. The molecule has 4 nitrogen and oxygen atoms in total. The van der Waals surface area contributed by atoms with Gasteiger partial charge in [-0.25, -0.2) is 9.97 Å². The van der Waals surface area contributed by atoms with Gasteiger partial charge in [0.1, 0.15) is 5.15 Å². The van der Waals surface area contributed by atoms with Crippen LogP contribution in [0.1, 0.15) is 22.6 Å². The zero-order valence-electron chi connectivity index (χ0n) is 11.6. The molecule has 0 fully saturated rings. The number of ether oxygens (including phenoxy) is 1. The van der Waals surface area contributed by atoms with Gasteiger partial charge in [-0.2, -0.15) is 0 Å². The van der Waals surface area contributed by atoms with E-state index in [-0.39, 0.29) is 16.4 Å². The molecule has 0 saturated heterocycles. The summed E-state index contributed by atoms with van der Waals surface area (Å²) in [6.07, 6.45) is 1.88. The van der Waals surface area contributed by atoms with Crippen molar-refractivity contribution in [3.8, 4) is 0 Å². The summed E-state index contributed by atoms with van der Waals surface area (Å²) in [5, 5.41) is 0.324. The Morgan fingerprint density at radius 3 is 2.52 bits per heavy atom. The summed E-state index contributed by atoms with van der Waals surface area (Å²) in [6, 6.07) is 7.71. The van der Waals surface area contributed by atoms with Crippen LogP contribution in [0.3, 0.4) is 0 Å². The zero-order valence-corrected chi connectivity index (χ0v) is 13.1. The maximum atomic E-state index is 12.0. The molecule has 0 bridgehead atoms. The van der Waals surface area contributed by atoms with Gasteiger partial charge >= 0.3 is 5.97 Å². The van der Waals surface area contributed by atoms with Crippen molar-refractivity contribution in [1.82, 2.24) is 9.97 Å². The first-order chi connectivity index (χ1) is 10.0. The molecular formula is C15H14Cl2N2O2. The minimum Gasteiger partial charge on any atom is -0.469 e. The average molecular weight is 325 g/mol. The third kappa shape index (κ3) is 3.93. The van der Waals surface area contributed by atoms with Gasteiger partial charge in [-0.15, -0.1) is 0 Å². The standard InChI is InChI=1S/C15H14Cl2N2O2/c1-9-3-5-10(6-4-9)12(14(20)21-2)7-11-8-18-15(17)19-13(11)16/h3-6,8,12H,7H2,1-2H3. The van der Waals surface area contributed by atoms with E-state index in [0.717, 1.165) is 11.1 Å². The zero-order chi connectivity index (χ0) is 15.4. The summed E-state index contributed by atoms with van der Waals surface area (Å²) in [7, 11) is 1.36. The van der Waals surface area contributed by atoms with E-state index in [4.69, 9.17) is 27.9 Å². The number of nitrogens with zero attached hydrogens (tertiary/aromatic N) is 2. The molecule has 2 aromatic rings. The van der Waals surface area contributed by atoms with Crippen LogP contribution in [0.2, 0.25) is 10.4 Å². The van der Waals surface area contributed by atoms with Crippen molar-refractivity contribution < 1.29 is 9.53 Å². The second kappa shape index (κ2) is 6.87. The van der Waals surface area contributed by atoms with Crippen molar-refractivity contribution in [2.75, 3.05) is 7.11 Å². The Bertz CT molecular complexity index is 645. The number of halogens is 2. The Labute approximate surface area is 133 Å². The summed E-state index contributed by atoms with van der Waals surface area (Å²) >= 11 is 11.7. The number of esters is 1. The number of methoxy groups -OCH3 is 1. The van der Waals surface area contributed by atoms with E-state index < -0.39 is 5.92 Å². The quantitative estimate of drug-likeness (QED) is 0.490. The van der Waals surface area contributed by atoms with Gasteiger partial charge in [0.2, 0.25) is 5.28 Å². The van der Waals surface area contributed by atoms with Crippen molar-refractivity contribution in [2.45, 2.75) is 19.3 Å². The molecule has 1 aromatic carbocycles. The molecule has 1 atom stereocenters. The van der Waals surface area contributed by atoms with Gasteiger partial charge in [0.15, 0.2) is 0 Å². The van der Waals surface area contributed by atoms with Crippen molar-refractivity contribution in [1.29, 1.82) is 0 Å². The van der Waals surface area contributed by atoms with E-state index >= 15 is 0 Å². The van der Waals surface area contributed by atoms with Gasteiger partial charge in [-0.1, -0.05) is 41.4 Å². The highest BCUT2D eigenvalue weighted by atomic mass is 35.5.